The van der Waals surface area contributed by atoms with E-state index in [1.165, 1.54) is 0 Å². The first kappa shape index (κ1) is 21.0. The molecule has 6 heteroatoms. The van der Waals surface area contributed by atoms with Crippen LogP contribution in [0.25, 0.3) is 5.76 Å². The number of ether oxygens (including phenoxy) is 2. The molecule has 162 valence electrons. The maximum absolute atomic E-state index is 13.0. The zero-order valence-corrected chi connectivity index (χ0v) is 18.1. The van der Waals surface area contributed by atoms with Crippen molar-refractivity contribution in [1.29, 1.82) is 0 Å². The number of carbonyl (C=O) groups excluding carboxylic acids is 2. The number of aliphatic hydroxyl groups excluding tert-OH is 1. The van der Waals surface area contributed by atoms with Crippen molar-refractivity contribution in [3.63, 3.8) is 0 Å². The Hall–Kier alpha value is -3.28. The van der Waals surface area contributed by atoms with Crippen LogP contribution in [0.3, 0.4) is 0 Å². The van der Waals surface area contributed by atoms with Crippen molar-refractivity contribution in [3.05, 3.63) is 64.7 Å². The molecule has 2 aliphatic rings. The second-order valence-electron chi connectivity index (χ2n) is 8.15. The molecule has 2 aliphatic heterocycles. The van der Waals surface area contributed by atoms with E-state index < -0.39 is 17.7 Å². The number of ketones is 1. The van der Waals surface area contributed by atoms with Crippen LogP contribution in [-0.2, 0) is 16.0 Å². The number of amides is 1. The Bertz CT molecular complexity index is 1060. The number of Topliss-reactive ketones (excluding diaryl/α,β-unsaturated/α-hetero) is 1. The maximum Gasteiger partial charge on any atom is 0.295 e. The molecule has 31 heavy (non-hydrogen) atoms. The molecule has 0 aliphatic carbocycles. The van der Waals surface area contributed by atoms with Crippen LogP contribution in [0.5, 0.6) is 11.5 Å². The summed E-state index contributed by atoms with van der Waals surface area (Å²) in [6.07, 6.45) is 1.44. The van der Waals surface area contributed by atoms with Gasteiger partial charge < -0.3 is 19.5 Å². The molecule has 4 rings (SSSR count). The van der Waals surface area contributed by atoms with Crippen LogP contribution in [-0.4, -0.2) is 41.0 Å². The summed E-state index contributed by atoms with van der Waals surface area (Å²) in [6.45, 7) is 6.85. The number of rotatable bonds is 6. The lowest BCUT2D eigenvalue weighted by atomic mass is 9.94. The van der Waals surface area contributed by atoms with Gasteiger partial charge in [-0.15, -0.1) is 0 Å². The fourth-order valence-electron chi connectivity index (χ4n) is 4.22. The van der Waals surface area contributed by atoms with Crippen LogP contribution in [0.2, 0.25) is 0 Å². The molecule has 1 saturated heterocycles. The number of fused-ring (bicyclic) bond motifs is 1. The highest BCUT2D eigenvalue weighted by Gasteiger charge is 2.45. The lowest BCUT2D eigenvalue weighted by Gasteiger charge is -2.25. The number of carbonyl (C=O) groups is 2. The second kappa shape index (κ2) is 8.46. The molecule has 1 atom stereocenters. The van der Waals surface area contributed by atoms with Crippen molar-refractivity contribution in [2.75, 3.05) is 13.2 Å². The van der Waals surface area contributed by atoms with E-state index in [1.54, 1.807) is 17.0 Å². The van der Waals surface area contributed by atoms with Crippen molar-refractivity contribution in [2.45, 2.75) is 45.8 Å². The number of benzene rings is 2. The predicted octanol–water partition coefficient (Wildman–Crippen LogP) is 4.24. The minimum Gasteiger partial charge on any atom is -0.507 e. The average Bonchev–Trinajstić information content (AvgIpc) is 3.31. The Labute approximate surface area is 182 Å². The monoisotopic (exact) mass is 421 g/mol. The maximum atomic E-state index is 13.0. The predicted molar refractivity (Wildman–Crippen MR) is 117 cm³/mol. The van der Waals surface area contributed by atoms with E-state index in [4.69, 9.17) is 9.47 Å². The van der Waals surface area contributed by atoms with Gasteiger partial charge in [-0.25, -0.2) is 0 Å². The Morgan fingerprint density at radius 2 is 2.03 bits per heavy atom. The zero-order chi connectivity index (χ0) is 22.1. The average molecular weight is 421 g/mol. The number of hydrogen-bond donors (Lipinski definition) is 1. The molecular weight excluding hydrogens is 394 g/mol. The van der Waals surface area contributed by atoms with Crippen molar-refractivity contribution in [1.82, 2.24) is 4.90 Å². The Balaban J connectivity index is 1.83. The highest BCUT2D eigenvalue weighted by Crippen LogP contribution is 2.41. The lowest BCUT2D eigenvalue weighted by molar-refractivity contribution is -0.139. The zero-order valence-electron chi connectivity index (χ0n) is 18.1. The Morgan fingerprint density at radius 1 is 1.23 bits per heavy atom. The molecule has 2 heterocycles. The molecule has 0 radical (unpaired) electrons. The molecule has 2 aromatic carbocycles. The summed E-state index contributed by atoms with van der Waals surface area (Å²) in [5.41, 5.74) is 2.34. The molecule has 1 fully saturated rings. The van der Waals surface area contributed by atoms with E-state index in [-0.39, 0.29) is 17.4 Å². The molecule has 1 N–H and O–H groups in total. The van der Waals surface area contributed by atoms with E-state index in [0.29, 0.717) is 30.9 Å². The first-order valence-corrected chi connectivity index (χ1v) is 10.7. The fourth-order valence-corrected chi connectivity index (χ4v) is 4.22. The van der Waals surface area contributed by atoms with E-state index in [0.717, 1.165) is 23.3 Å². The first-order chi connectivity index (χ1) is 14.9. The molecule has 0 aromatic heterocycles. The summed E-state index contributed by atoms with van der Waals surface area (Å²) in [4.78, 5) is 27.4. The number of hydrogen-bond acceptors (Lipinski definition) is 5. The quantitative estimate of drug-likeness (QED) is 0.429. The van der Waals surface area contributed by atoms with Crippen molar-refractivity contribution in [2.24, 2.45) is 0 Å². The number of likely N-dealkylation sites (tertiary alicyclic amines) is 1. The topological polar surface area (TPSA) is 76.1 Å². The van der Waals surface area contributed by atoms with Crippen LogP contribution < -0.4 is 9.47 Å². The summed E-state index contributed by atoms with van der Waals surface area (Å²) in [5, 5.41) is 11.2. The Kier molecular flexibility index (Phi) is 5.72. The van der Waals surface area contributed by atoms with Gasteiger partial charge in [0.15, 0.2) is 0 Å². The molecule has 1 unspecified atom stereocenters. The smallest absolute Gasteiger partial charge is 0.295 e. The van der Waals surface area contributed by atoms with Crippen molar-refractivity contribution in [3.8, 4) is 11.5 Å². The largest absolute Gasteiger partial charge is 0.507 e. The minimum absolute atomic E-state index is 0.00844. The number of nitrogens with zero attached hydrogens (tertiary/aromatic N) is 1. The normalized spacial score (nSPS) is 19.6. The molecular formula is C25H27NO5. The van der Waals surface area contributed by atoms with Gasteiger partial charge in [0.2, 0.25) is 0 Å². The minimum atomic E-state index is -0.667. The van der Waals surface area contributed by atoms with Gasteiger partial charge in [0.25, 0.3) is 11.7 Å². The van der Waals surface area contributed by atoms with Gasteiger partial charge in [-0.05, 0) is 61.7 Å². The van der Waals surface area contributed by atoms with Gasteiger partial charge in [-0.3, -0.25) is 9.59 Å². The third kappa shape index (κ3) is 3.90. The summed E-state index contributed by atoms with van der Waals surface area (Å²) in [6, 6.07) is 12.1. The van der Waals surface area contributed by atoms with Gasteiger partial charge in [-0.2, -0.15) is 0 Å². The van der Waals surface area contributed by atoms with Crippen LogP contribution in [0, 0.1) is 0 Å². The van der Waals surface area contributed by atoms with Gasteiger partial charge in [0.1, 0.15) is 17.3 Å². The molecule has 0 spiro atoms. The molecule has 2 aromatic rings. The van der Waals surface area contributed by atoms with Crippen LogP contribution in [0.4, 0.5) is 0 Å². The van der Waals surface area contributed by atoms with Crippen molar-refractivity contribution < 1.29 is 24.2 Å². The van der Waals surface area contributed by atoms with Crippen molar-refractivity contribution >= 4 is 17.4 Å². The Morgan fingerprint density at radius 3 is 2.77 bits per heavy atom. The van der Waals surface area contributed by atoms with E-state index >= 15 is 0 Å². The highest BCUT2D eigenvalue weighted by molar-refractivity contribution is 6.46. The molecule has 0 bridgehead atoms. The van der Waals surface area contributed by atoms with E-state index in [9.17, 15) is 14.7 Å². The molecule has 6 nitrogen and oxygen atoms in total. The van der Waals surface area contributed by atoms with Gasteiger partial charge in [0, 0.05) is 18.5 Å². The van der Waals surface area contributed by atoms with Gasteiger partial charge in [-0.1, -0.05) is 19.1 Å². The summed E-state index contributed by atoms with van der Waals surface area (Å²) in [5.74, 6) is 0.0325. The first-order valence-electron chi connectivity index (χ1n) is 10.7. The highest BCUT2D eigenvalue weighted by atomic mass is 16.5. The lowest BCUT2D eigenvalue weighted by Crippen LogP contribution is -2.30. The molecule has 0 saturated carbocycles. The fraction of sp³-hybridized carbons (Fsp3) is 0.360. The summed E-state index contributed by atoms with van der Waals surface area (Å²) < 4.78 is 11.4. The third-order valence-electron chi connectivity index (χ3n) is 5.51. The number of aliphatic hydroxyl groups is 1. The van der Waals surface area contributed by atoms with Crippen LogP contribution >= 0.6 is 0 Å². The van der Waals surface area contributed by atoms with Gasteiger partial charge in [0.05, 0.1) is 24.3 Å². The van der Waals surface area contributed by atoms with E-state index in [2.05, 4.69) is 0 Å². The van der Waals surface area contributed by atoms with E-state index in [1.807, 2.05) is 51.1 Å². The third-order valence-corrected chi connectivity index (χ3v) is 5.51. The van der Waals surface area contributed by atoms with Crippen LogP contribution in [0.1, 0.15) is 49.9 Å². The molecule has 1 amide bonds. The summed E-state index contributed by atoms with van der Waals surface area (Å²) in [7, 11) is 0. The van der Waals surface area contributed by atoms with Gasteiger partial charge >= 0.3 is 0 Å². The second-order valence-corrected chi connectivity index (χ2v) is 8.15. The van der Waals surface area contributed by atoms with Crippen LogP contribution in [0.15, 0.2) is 48.0 Å². The summed E-state index contributed by atoms with van der Waals surface area (Å²) >= 11 is 0. The standard InChI is InChI=1S/C25H27NO5/c1-4-11-26-22(17-6-5-7-19(14-17)31-15(2)3)21(24(28)25(26)29)23(27)18-8-9-20-16(13-18)10-12-30-20/h5-9,13-15,22,27H,4,10-12H2,1-3H3/b23-21-. The SMILES string of the molecule is CCCN1C(=O)C(=O)/C(=C(\O)c2ccc3c(c2)CCO3)C1c1cccc(OC(C)C)c1.